The zero-order chi connectivity index (χ0) is 64.4. The highest BCUT2D eigenvalue weighted by Crippen LogP contribution is 2.39. The topological polar surface area (TPSA) is 229 Å². The Labute approximate surface area is 536 Å². The van der Waals surface area contributed by atoms with E-state index < -0.39 is 137 Å². The number of esters is 4. The van der Waals surface area contributed by atoms with Crippen LogP contribution >= 0.6 is 0 Å². The Balaban J connectivity index is 1.11. The van der Waals surface area contributed by atoms with Crippen molar-refractivity contribution in [2.24, 2.45) is 0 Å². The number of hydrogen-bond acceptors (Lipinski definition) is 19. The molecule has 0 saturated carbocycles. The number of rotatable bonds is 27. The predicted octanol–water partition coefficient (Wildman–Crippen LogP) is 9.95. The lowest BCUT2D eigenvalue weighted by Crippen LogP contribution is -2.68. The van der Waals surface area contributed by atoms with Crippen LogP contribution < -0.4 is 0 Å². The van der Waals surface area contributed by atoms with Gasteiger partial charge in [0.15, 0.2) is 31.1 Å². The average Bonchev–Trinajstić information content (AvgIpc) is 0.775. The lowest BCUT2D eigenvalue weighted by Gasteiger charge is -2.51. The lowest BCUT2D eigenvalue weighted by atomic mass is 9.95. The van der Waals surface area contributed by atoms with Crippen LogP contribution in [-0.4, -0.2) is 154 Å². The molecule has 20 heteroatoms. The summed E-state index contributed by atoms with van der Waals surface area (Å²) >= 11 is 0. The number of aliphatic hydroxyl groups is 2. The van der Waals surface area contributed by atoms with E-state index in [1.54, 1.807) is 109 Å². The van der Waals surface area contributed by atoms with Crippen molar-refractivity contribution in [3.63, 3.8) is 0 Å². The van der Waals surface area contributed by atoms with Gasteiger partial charge < -0.3 is 71.8 Å². The fourth-order valence-corrected chi connectivity index (χ4v) is 11.5. The summed E-state index contributed by atoms with van der Waals surface area (Å²) in [5, 5.41) is 24.2. The average molecular weight is 1280 g/mol. The lowest BCUT2D eigenvalue weighted by molar-refractivity contribution is -0.388. The van der Waals surface area contributed by atoms with Crippen molar-refractivity contribution in [3.05, 3.63) is 251 Å². The number of carbonyl (C=O) groups excluding carboxylic acids is 4. The first-order valence-electron chi connectivity index (χ1n) is 30.8. The summed E-state index contributed by atoms with van der Waals surface area (Å²) in [5.74, 6) is -3.28. The Morgan fingerprint density at radius 1 is 0.380 bits per heavy atom. The molecule has 0 radical (unpaired) electrons. The Bertz CT molecular complexity index is 3390. The van der Waals surface area contributed by atoms with Crippen LogP contribution in [0.3, 0.4) is 0 Å². The summed E-state index contributed by atoms with van der Waals surface area (Å²) in [6, 6.07) is 61.9. The molecule has 7 aromatic rings. The summed E-state index contributed by atoms with van der Waals surface area (Å²) in [6.45, 7) is 7.49. The van der Waals surface area contributed by atoms with Gasteiger partial charge >= 0.3 is 23.9 Å². The molecule has 3 aliphatic heterocycles. The van der Waals surface area contributed by atoms with Gasteiger partial charge in [0.05, 0.1) is 48.2 Å². The molecule has 7 aromatic carbocycles. The van der Waals surface area contributed by atoms with Crippen LogP contribution in [0.5, 0.6) is 0 Å². The number of carbonyl (C=O) groups is 4. The molecule has 0 bridgehead atoms. The van der Waals surface area contributed by atoms with Crippen LogP contribution in [0.15, 0.2) is 212 Å². The molecule has 3 fully saturated rings. The first-order chi connectivity index (χ1) is 44.7. The molecule has 0 aliphatic carbocycles. The summed E-state index contributed by atoms with van der Waals surface area (Å²) < 4.78 is 87.2. The van der Waals surface area contributed by atoms with E-state index in [4.69, 9.17) is 61.6 Å². The van der Waals surface area contributed by atoms with Crippen molar-refractivity contribution in [2.45, 2.75) is 145 Å². The van der Waals surface area contributed by atoms with Crippen LogP contribution in [0.4, 0.5) is 0 Å². The van der Waals surface area contributed by atoms with Gasteiger partial charge in [-0.15, -0.1) is 0 Å². The second-order valence-corrected chi connectivity index (χ2v) is 29.5. The second kappa shape index (κ2) is 32.7. The zero-order valence-electron chi connectivity index (χ0n) is 51.7. The minimum Gasteiger partial charge on any atom is -0.459 e. The molecule has 484 valence electrons. The Hall–Kier alpha value is -7.80. The fourth-order valence-electron chi connectivity index (χ4n) is 10.8. The molecule has 19 nitrogen and oxygen atoms in total. The molecule has 0 aromatic heterocycles. The quantitative estimate of drug-likeness (QED) is 0.0277. The SMILES string of the molecule is C[C@@H]1OC(O[C@@H]2[C@@H](OC(=O)c3ccccc3)[C@H](OCC[Si](C)(C)C)O[C@H](COC(=O)c3ccccc3)[C@H]2O[C@@H]2O[C@H](COC(=O)c3ccccc3)[C@H](O)[C@H](O)[C@H]2OC(=O)c2ccccc2)[C@@H](OCc2ccccc2)[C@H](OCc2ccccc2)[C@@H]1OCc1ccccc1. The maximum atomic E-state index is 14.8. The van der Waals surface area contributed by atoms with Gasteiger partial charge in [-0.2, -0.15) is 0 Å². The molecule has 0 amide bonds. The van der Waals surface area contributed by atoms with Gasteiger partial charge in [-0.05, 0) is 78.2 Å². The second-order valence-electron chi connectivity index (χ2n) is 23.8. The van der Waals surface area contributed by atoms with Crippen LogP contribution in [-0.2, 0) is 81.4 Å². The molecule has 92 heavy (non-hydrogen) atoms. The van der Waals surface area contributed by atoms with Gasteiger partial charge in [0.1, 0.15) is 68.1 Å². The van der Waals surface area contributed by atoms with E-state index in [0.29, 0.717) is 6.04 Å². The van der Waals surface area contributed by atoms with Gasteiger partial charge in [0.25, 0.3) is 0 Å². The van der Waals surface area contributed by atoms with E-state index in [0.717, 1.165) is 16.7 Å². The third-order valence-electron chi connectivity index (χ3n) is 15.8. The van der Waals surface area contributed by atoms with Crippen molar-refractivity contribution >= 4 is 32.0 Å². The van der Waals surface area contributed by atoms with Gasteiger partial charge in [-0.1, -0.05) is 183 Å². The molecule has 1 unspecified atom stereocenters. The monoisotopic (exact) mass is 1270 g/mol. The van der Waals surface area contributed by atoms with Crippen molar-refractivity contribution in [3.8, 4) is 0 Å². The molecule has 0 spiro atoms. The fraction of sp³-hybridized carbons (Fsp3) is 0.361. The molecule has 3 heterocycles. The summed E-state index contributed by atoms with van der Waals surface area (Å²) in [7, 11) is -1.87. The third kappa shape index (κ3) is 18.3. The molecule has 2 N–H and O–H groups in total. The first-order valence-corrected chi connectivity index (χ1v) is 34.5. The van der Waals surface area contributed by atoms with Gasteiger partial charge in [0.2, 0.25) is 0 Å². The normalized spacial score (nSPS) is 26.4. The summed E-state index contributed by atoms with van der Waals surface area (Å²) in [5.41, 5.74) is 3.15. The first kappa shape index (κ1) is 67.1. The molecular weight excluding hydrogens is 1200 g/mol. The number of aliphatic hydroxyl groups excluding tert-OH is 2. The molecule has 3 saturated heterocycles. The number of hydrogen-bond donors (Lipinski definition) is 2. The van der Waals surface area contributed by atoms with Crippen LogP contribution in [0, 0.1) is 0 Å². The predicted molar refractivity (Wildman–Crippen MR) is 337 cm³/mol. The Morgan fingerprint density at radius 3 is 1.21 bits per heavy atom. The van der Waals surface area contributed by atoms with Gasteiger partial charge in [0, 0.05) is 14.7 Å². The van der Waals surface area contributed by atoms with E-state index in [2.05, 4.69) is 19.6 Å². The van der Waals surface area contributed by atoms with Crippen molar-refractivity contribution < 1.29 is 91.0 Å². The molecule has 10 rings (SSSR count). The van der Waals surface area contributed by atoms with E-state index >= 15 is 0 Å². The summed E-state index contributed by atoms with van der Waals surface area (Å²) in [4.78, 5) is 56.7. The van der Waals surface area contributed by atoms with Crippen LogP contribution in [0.25, 0.3) is 0 Å². The Kier molecular flexibility index (Phi) is 23.8. The van der Waals surface area contributed by atoms with Crippen LogP contribution in [0.2, 0.25) is 25.7 Å². The molecular formula is C72H78O19Si. The van der Waals surface area contributed by atoms with Crippen molar-refractivity contribution in [1.29, 1.82) is 0 Å². The van der Waals surface area contributed by atoms with Gasteiger partial charge in [-0.3, -0.25) is 0 Å². The van der Waals surface area contributed by atoms with E-state index in [-0.39, 0.29) is 48.7 Å². The highest BCUT2D eigenvalue weighted by molar-refractivity contribution is 6.76. The van der Waals surface area contributed by atoms with Crippen molar-refractivity contribution in [2.75, 3.05) is 19.8 Å². The van der Waals surface area contributed by atoms with Crippen LogP contribution in [0.1, 0.15) is 65.0 Å². The largest absolute Gasteiger partial charge is 0.459 e. The van der Waals surface area contributed by atoms with Crippen molar-refractivity contribution in [1.82, 2.24) is 0 Å². The smallest absolute Gasteiger partial charge is 0.338 e. The van der Waals surface area contributed by atoms with E-state index in [1.165, 1.54) is 12.1 Å². The van der Waals surface area contributed by atoms with E-state index in [1.807, 2.05) is 97.9 Å². The molecule has 15 atom stereocenters. The minimum absolute atomic E-state index is 0.0150. The third-order valence-corrected chi connectivity index (χ3v) is 17.5. The zero-order valence-corrected chi connectivity index (χ0v) is 52.7. The van der Waals surface area contributed by atoms with E-state index in [9.17, 15) is 29.4 Å². The highest BCUT2D eigenvalue weighted by Gasteiger charge is 2.58. The highest BCUT2D eigenvalue weighted by atomic mass is 28.3. The molecule has 3 aliphatic rings. The standard InChI is InChI=1S/C72H78O19Si/c1-47-59(80-42-48-26-12-5-13-27-48)62(81-43-49-28-14-6-15-29-49)64(82-44-50-30-16-7-17-31-50)72(85-47)91-63-60(90-71-61(88-68(77)53-36-22-10-23-37-53)58(74)57(73)55(86-71)45-83-66(75)51-32-18-8-19-33-51)56(46-84-67(76)52-34-20-9-21-35-52)87-70(79-40-41-92(2,3)4)65(63)89-69(78)54-38-24-11-25-39-54/h5-39,47,55-65,70-74H,40-46H2,1-4H3/t47-,55+,56+,57-,58-,59+,60+,61+,62+,63-,64-,65+,70+,71-,72?/m0/s1. The summed E-state index contributed by atoms with van der Waals surface area (Å²) in [6.07, 6.45) is -22.4. The Morgan fingerprint density at radius 2 is 0.750 bits per heavy atom. The number of ether oxygens (including phenoxy) is 13. The number of benzene rings is 7. The minimum atomic E-state index is -1.99. The maximum absolute atomic E-state index is 14.8. The van der Waals surface area contributed by atoms with Gasteiger partial charge in [-0.25, -0.2) is 19.2 Å². The maximum Gasteiger partial charge on any atom is 0.338 e.